The van der Waals surface area contributed by atoms with Crippen molar-refractivity contribution in [1.82, 2.24) is 10.2 Å². The van der Waals surface area contributed by atoms with E-state index in [1.165, 1.54) is 12.0 Å². The molecule has 6 heteroatoms. The molecule has 2 heterocycles. The number of ether oxygens (including phenoxy) is 1. The van der Waals surface area contributed by atoms with Crippen molar-refractivity contribution in [3.05, 3.63) is 0 Å². The Bertz CT molecular complexity index is 284. The third kappa shape index (κ3) is 1.30. The fraction of sp³-hybridized carbons (Fsp3) is 0.750. The van der Waals surface area contributed by atoms with E-state index in [9.17, 15) is 9.59 Å². The summed E-state index contributed by atoms with van der Waals surface area (Å²) >= 11 is 0. The zero-order valence-corrected chi connectivity index (χ0v) is 7.90. The van der Waals surface area contributed by atoms with Crippen molar-refractivity contribution in [3.63, 3.8) is 0 Å². The lowest BCUT2D eigenvalue weighted by atomic mass is 10.0. The standard InChI is InChI=1S/C8H11BN2O3/c1-14-7(12)6-5-2-4(10-6)3-11(5)8(9)13/h4-6,10H,2-3H2,1H3/t4?,5?,6-/m0/s1. The van der Waals surface area contributed by atoms with Crippen LogP contribution in [0.3, 0.4) is 0 Å². The van der Waals surface area contributed by atoms with E-state index < -0.39 is 11.8 Å². The molecule has 3 atom stereocenters. The van der Waals surface area contributed by atoms with Crippen LogP contribution in [0.4, 0.5) is 4.79 Å². The summed E-state index contributed by atoms with van der Waals surface area (Å²) in [4.78, 5) is 23.9. The number of carbonyl (C=O) groups is 2. The number of piperazine rings is 1. The molecule has 2 aliphatic rings. The highest BCUT2D eigenvalue weighted by atomic mass is 16.5. The number of hydrogen-bond acceptors (Lipinski definition) is 4. The molecule has 2 unspecified atom stereocenters. The van der Waals surface area contributed by atoms with Gasteiger partial charge in [-0.3, -0.25) is 14.9 Å². The van der Waals surface area contributed by atoms with Crippen LogP contribution in [0.2, 0.25) is 0 Å². The highest BCUT2D eigenvalue weighted by Crippen LogP contribution is 2.28. The van der Waals surface area contributed by atoms with Crippen molar-refractivity contribution in [2.45, 2.75) is 24.5 Å². The molecular weight excluding hydrogens is 183 g/mol. The van der Waals surface area contributed by atoms with Gasteiger partial charge in [-0.25, -0.2) is 0 Å². The second kappa shape index (κ2) is 3.27. The minimum atomic E-state index is -0.465. The summed E-state index contributed by atoms with van der Waals surface area (Å²) in [6.45, 7) is 0.591. The Balaban J connectivity index is 2.11. The lowest BCUT2D eigenvalue weighted by Gasteiger charge is -2.31. The Labute approximate surface area is 83.2 Å². The maximum Gasteiger partial charge on any atom is 0.325 e. The van der Waals surface area contributed by atoms with Crippen LogP contribution >= 0.6 is 0 Å². The zero-order valence-electron chi connectivity index (χ0n) is 7.90. The van der Waals surface area contributed by atoms with Crippen molar-refractivity contribution in [2.75, 3.05) is 13.7 Å². The first-order chi connectivity index (χ1) is 6.63. The van der Waals surface area contributed by atoms with E-state index in [0.717, 1.165) is 6.42 Å². The fourth-order valence-electron chi connectivity index (χ4n) is 2.27. The lowest BCUT2D eigenvalue weighted by molar-refractivity contribution is -0.144. The first kappa shape index (κ1) is 9.52. The van der Waals surface area contributed by atoms with E-state index in [1.807, 2.05) is 0 Å². The van der Waals surface area contributed by atoms with Gasteiger partial charge in [-0.05, 0) is 6.42 Å². The third-order valence-corrected chi connectivity index (χ3v) is 2.88. The van der Waals surface area contributed by atoms with Gasteiger partial charge in [-0.1, -0.05) is 0 Å². The number of hydrogen-bond donors (Lipinski definition) is 1. The van der Waals surface area contributed by atoms with Crippen LogP contribution in [0.5, 0.6) is 0 Å². The molecule has 2 saturated heterocycles. The molecule has 2 rings (SSSR count). The Morgan fingerprint density at radius 1 is 1.57 bits per heavy atom. The van der Waals surface area contributed by atoms with Gasteiger partial charge in [0.05, 0.1) is 13.2 Å². The lowest BCUT2D eigenvalue weighted by Crippen LogP contribution is -2.56. The van der Waals surface area contributed by atoms with E-state index in [1.54, 1.807) is 0 Å². The van der Waals surface area contributed by atoms with Gasteiger partial charge in [-0.2, -0.15) is 0 Å². The van der Waals surface area contributed by atoms with E-state index in [0.29, 0.717) is 6.54 Å². The third-order valence-electron chi connectivity index (χ3n) is 2.88. The molecule has 2 radical (unpaired) electrons. The van der Waals surface area contributed by atoms with Crippen molar-refractivity contribution >= 4 is 19.6 Å². The number of methoxy groups -OCH3 is 1. The predicted octanol–water partition coefficient (Wildman–Crippen LogP) is -1.14. The maximum atomic E-state index is 11.3. The summed E-state index contributed by atoms with van der Waals surface area (Å²) in [6, 6.07) is -0.368. The quantitative estimate of drug-likeness (QED) is 0.423. The molecule has 1 amide bonds. The van der Waals surface area contributed by atoms with Gasteiger partial charge >= 0.3 is 5.97 Å². The van der Waals surface area contributed by atoms with Gasteiger partial charge in [0.25, 0.3) is 0 Å². The molecule has 1 N–H and O–H groups in total. The monoisotopic (exact) mass is 194 g/mol. The molecule has 0 aromatic rings. The average Bonchev–Trinajstić information content (AvgIpc) is 2.74. The summed E-state index contributed by atoms with van der Waals surface area (Å²) in [7, 11) is 6.53. The van der Waals surface area contributed by atoms with Gasteiger partial charge in [-0.15, -0.1) is 0 Å². The van der Waals surface area contributed by atoms with Crippen molar-refractivity contribution < 1.29 is 14.3 Å². The van der Waals surface area contributed by atoms with Crippen molar-refractivity contribution in [1.29, 1.82) is 0 Å². The fourth-order valence-corrected chi connectivity index (χ4v) is 2.27. The molecule has 0 spiro atoms. The van der Waals surface area contributed by atoms with Crippen LogP contribution in [0.25, 0.3) is 0 Å². The number of rotatable bonds is 1. The maximum absolute atomic E-state index is 11.3. The average molecular weight is 194 g/mol. The van der Waals surface area contributed by atoms with Crippen molar-refractivity contribution in [3.8, 4) is 0 Å². The highest BCUT2D eigenvalue weighted by molar-refractivity contribution is 6.57. The Hall–Kier alpha value is -1.04. The van der Waals surface area contributed by atoms with E-state index >= 15 is 0 Å². The second-order valence-corrected chi connectivity index (χ2v) is 3.66. The first-order valence-corrected chi connectivity index (χ1v) is 4.53. The van der Waals surface area contributed by atoms with Crippen LogP contribution in [0.15, 0.2) is 0 Å². The van der Waals surface area contributed by atoms with Crippen molar-refractivity contribution in [2.24, 2.45) is 0 Å². The number of esters is 1. The van der Waals surface area contributed by atoms with Crippen LogP contribution in [-0.4, -0.2) is 56.3 Å². The number of nitrogens with one attached hydrogen (secondary N) is 1. The number of amides is 1. The second-order valence-electron chi connectivity index (χ2n) is 3.66. The summed E-state index contributed by atoms with van der Waals surface area (Å²) in [5.41, 5.74) is 0. The molecule has 2 fully saturated rings. The number of nitrogens with zero attached hydrogens (tertiary/aromatic N) is 1. The Kier molecular flexibility index (Phi) is 2.22. The molecule has 2 aliphatic heterocycles. The summed E-state index contributed by atoms with van der Waals surface area (Å²) in [5.74, 6) is -0.795. The molecule has 0 aromatic carbocycles. The Morgan fingerprint density at radius 2 is 2.29 bits per heavy atom. The van der Waals surface area contributed by atoms with E-state index in [-0.39, 0.29) is 18.1 Å². The van der Waals surface area contributed by atoms with Gasteiger partial charge in [0.15, 0.2) is 5.81 Å². The van der Waals surface area contributed by atoms with Crippen LogP contribution in [0, 0.1) is 0 Å². The minimum absolute atomic E-state index is 0.134. The minimum Gasteiger partial charge on any atom is -0.468 e. The summed E-state index contributed by atoms with van der Waals surface area (Å²) < 4.78 is 4.63. The topological polar surface area (TPSA) is 58.6 Å². The summed E-state index contributed by atoms with van der Waals surface area (Å²) in [6.07, 6.45) is 0.780. The molecule has 0 aromatic heterocycles. The van der Waals surface area contributed by atoms with E-state index in [4.69, 9.17) is 7.85 Å². The SMILES string of the molecule is [B]C(=O)N1CC2CC1[C@@H](C(=O)OC)N2. The number of fused-ring (bicyclic) bond motifs is 2. The largest absolute Gasteiger partial charge is 0.468 e. The molecule has 0 saturated carbocycles. The summed E-state index contributed by atoms with van der Waals surface area (Å²) in [5, 5.41) is 3.10. The predicted molar refractivity (Wildman–Crippen MR) is 49.0 cm³/mol. The zero-order chi connectivity index (χ0) is 10.3. The molecule has 5 nitrogen and oxygen atoms in total. The van der Waals surface area contributed by atoms with Crippen LogP contribution < -0.4 is 5.32 Å². The van der Waals surface area contributed by atoms with Gasteiger partial charge in [0, 0.05) is 12.6 Å². The first-order valence-electron chi connectivity index (χ1n) is 4.53. The number of likely N-dealkylation sites (tertiary alicyclic amines) is 1. The van der Waals surface area contributed by atoms with Crippen LogP contribution in [-0.2, 0) is 9.53 Å². The Morgan fingerprint density at radius 3 is 2.79 bits per heavy atom. The normalized spacial score (nSPS) is 34.6. The van der Waals surface area contributed by atoms with Crippen LogP contribution in [0.1, 0.15) is 6.42 Å². The van der Waals surface area contributed by atoms with Gasteiger partial charge in [0.1, 0.15) is 6.04 Å². The molecule has 74 valence electrons. The highest BCUT2D eigenvalue weighted by Gasteiger charge is 2.48. The van der Waals surface area contributed by atoms with Gasteiger partial charge in [0.2, 0.25) is 7.85 Å². The van der Waals surface area contributed by atoms with E-state index in [2.05, 4.69) is 10.1 Å². The van der Waals surface area contributed by atoms with Gasteiger partial charge < -0.3 is 9.64 Å². The smallest absolute Gasteiger partial charge is 0.325 e. The molecule has 14 heavy (non-hydrogen) atoms. The number of carbonyl (C=O) groups excluding carboxylic acids is 2. The molecular formula is C8H11BN2O3. The molecule has 0 aliphatic carbocycles. The molecule has 2 bridgehead atoms.